The van der Waals surface area contributed by atoms with Crippen LogP contribution in [-0.4, -0.2) is 50.1 Å². The summed E-state index contributed by atoms with van der Waals surface area (Å²) >= 11 is 0. The molecule has 27 heavy (non-hydrogen) atoms. The van der Waals surface area contributed by atoms with Crippen molar-refractivity contribution in [1.82, 2.24) is 20.4 Å². The van der Waals surface area contributed by atoms with Crippen LogP contribution in [0, 0.1) is 5.92 Å². The molecule has 8 nitrogen and oxygen atoms in total. The third-order valence-corrected chi connectivity index (χ3v) is 4.94. The summed E-state index contributed by atoms with van der Waals surface area (Å²) in [6.07, 6.45) is 3.80. The van der Waals surface area contributed by atoms with Gasteiger partial charge in [0, 0.05) is 50.4 Å². The Labute approximate surface area is 158 Å². The SMILES string of the molecule is COc1cc(OC)c(OC)cc1CNC(=O)[C@H]1CNC[C@@H]1c1cnn(C)c1. The van der Waals surface area contributed by atoms with Crippen LogP contribution in [-0.2, 0) is 18.4 Å². The molecule has 1 saturated heterocycles. The van der Waals surface area contributed by atoms with Crippen molar-refractivity contribution in [3.63, 3.8) is 0 Å². The minimum atomic E-state index is -0.139. The van der Waals surface area contributed by atoms with Crippen LogP contribution < -0.4 is 24.8 Å². The number of hydrogen-bond acceptors (Lipinski definition) is 6. The van der Waals surface area contributed by atoms with E-state index >= 15 is 0 Å². The van der Waals surface area contributed by atoms with Gasteiger partial charge in [0.2, 0.25) is 5.91 Å². The molecule has 0 aliphatic carbocycles. The first-order chi connectivity index (χ1) is 13.1. The Morgan fingerprint density at radius 2 is 1.89 bits per heavy atom. The molecule has 0 spiro atoms. The number of methoxy groups -OCH3 is 3. The lowest BCUT2D eigenvalue weighted by Crippen LogP contribution is -2.34. The van der Waals surface area contributed by atoms with Gasteiger partial charge < -0.3 is 24.8 Å². The average molecular weight is 374 g/mol. The molecule has 3 rings (SSSR count). The molecule has 1 aromatic carbocycles. The van der Waals surface area contributed by atoms with E-state index in [0.29, 0.717) is 30.3 Å². The highest BCUT2D eigenvalue weighted by Gasteiger charge is 2.34. The summed E-state index contributed by atoms with van der Waals surface area (Å²) < 4.78 is 17.8. The molecule has 146 valence electrons. The second-order valence-corrected chi connectivity index (χ2v) is 6.56. The normalized spacial score (nSPS) is 19.0. The standard InChI is InChI=1S/C19H26N4O4/c1-23-11-13(8-22-23)14-9-20-10-15(14)19(24)21-7-12-5-17(26-3)18(27-4)6-16(12)25-2/h5-6,8,11,14-15,20H,7,9-10H2,1-4H3,(H,21,24)/t14-,15+/m1/s1. The van der Waals surface area contributed by atoms with Gasteiger partial charge in [-0.05, 0) is 11.6 Å². The maximum absolute atomic E-state index is 12.8. The molecule has 0 bridgehead atoms. The maximum atomic E-state index is 12.8. The van der Waals surface area contributed by atoms with Crippen molar-refractivity contribution < 1.29 is 19.0 Å². The lowest BCUT2D eigenvalue weighted by molar-refractivity contribution is -0.125. The number of carbonyl (C=O) groups is 1. The number of carbonyl (C=O) groups excluding carboxylic acids is 1. The van der Waals surface area contributed by atoms with Gasteiger partial charge in [-0.3, -0.25) is 9.48 Å². The number of aromatic nitrogens is 2. The van der Waals surface area contributed by atoms with E-state index in [1.165, 1.54) is 0 Å². The topological polar surface area (TPSA) is 86.6 Å². The number of ether oxygens (including phenoxy) is 3. The molecule has 1 aliphatic heterocycles. The molecule has 2 heterocycles. The Balaban J connectivity index is 1.71. The molecule has 0 saturated carbocycles. The molecule has 1 amide bonds. The summed E-state index contributed by atoms with van der Waals surface area (Å²) in [6.45, 7) is 1.76. The Hall–Kier alpha value is -2.74. The molecule has 0 radical (unpaired) electrons. The summed E-state index contributed by atoms with van der Waals surface area (Å²) in [4.78, 5) is 12.8. The van der Waals surface area contributed by atoms with E-state index < -0.39 is 0 Å². The van der Waals surface area contributed by atoms with E-state index in [1.807, 2.05) is 25.5 Å². The minimum absolute atomic E-state index is 0.00527. The summed E-state index contributed by atoms with van der Waals surface area (Å²) in [5, 5.41) is 10.6. The molecule has 1 aromatic heterocycles. The average Bonchev–Trinajstić information content (AvgIpc) is 3.33. The van der Waals surface area contributed by atoms with Crippen LogP contribution in [0.25, 0.3) is 0 Å². The number of amides is 1. The molecule has 1 fully saturated rings. The summed E-state index contributed by atoms with van der Waals surface area (Å²) in [5.74, 6) is 1.80. The molecule has 8 heteroatoms. The Morgan fingerprint density at radius 3 is 2.52 bits per heavy atom. The lowest BCUT2D eigenvalue weighted by atomic mass is 9.90. The highest BCUT2D eigenvalue weighted by molar-refractivity contribution is 5.80. The number of nitrogens with zero attached hydrogens (tertiary/aromatic N) is 2. The largest absolute Gasteiger partial charge is 0.496 e. The zero-order valence-electron chi connectivity index (χ0n) is 16.1. The van der Waals surface area contributed by atoms with Crippen LogP contribution in [0.4, 0.5) is 0 Å². The van der Waals surface area contributed by atoms with Gasteiger partial charge >= 0.3 is 0 Å². The van der Waals surface area contributed by atoms with Gasteiger partial charge in [0.05, 0.1) is 33.4 Å². The number of nitrogens with one attached hydrogen (secondary N) is 2. The third kappa shape index (κ3) is 4.00. The zero-order valence-corrected chi connectivity index (χ0v) is 16.1. The fourth-order valence-electron chi connectivity index (χ4n) is 3.48. The van der Waals surface area contributed by atoms with E-state index in [4.69, 9.17) is 14.2 Å². The molecule has 2 atom stereocenters. The van der Waals surface area contributed by atoms with Gasteiger partial charge in [-0.25, -0.2) is 0 Å². The monoisotopic (exact) mass is 374 g/mol. The fourth-order valence-corrected chi connectivity index (χ4v) is 3.48. The van der Waals surface area contributed by atoms with Crippen LogP contribution in [0.1, 0.15) is 17.0 Å². The van der Waals surface area contributed by atoms with Gasteiger partial charge in [-0.15, -0.1) is 0 Å². The first-order valence-corrected chi connectivity index (χ1v) is 8.83. The fraction of sp³-hybridized carbons (Fsp3) is 0.474. The van der Waals surface area contributed by atoms with Gasteiger partial charge in [-0.2, -0.15) is 5.10 Å². The van der Waals surface area contributed by atoms with E-state index in [1.54, 1.807) is 32.1 Å². The van der Waals surface area contributed by atoms with Crippen molar-refractivity contribution >= 4 is 5.91 Å². The first kappa shape index (κ1) is 19.0. The van der Waals surface area contributed by atoms with Crippen molar-refractivity contribution in [2.75, 3.05) is 34.4 Å². The molecular formula is C19H26N4O4. The van der Waals surface area contributed by atoms with Crippen LogP contribution in [0.3, 0.4) is 0 Å². The van der Waals surface area contributed by atoms with Crippen molar-refractivity contribution in [2.45, 2.75) is 12.5 Å². The molecule has 2 aromatic rings. The minimum Gasteiger partial charge on any atom is -0.496 e. The lowest BCUT2D eigenvalue weighted by Gasteiger charge is -2.18. The highest BCUT2D eigenvalue weighted by Crippen LogP contribution is 2.35. The molecule has 1 aliphatic rings. The van der Waals surface area contributed by atoms with Gasteiger partial charge in [0.1, 0.15) is 5.75 Å². The predicted octanol–water partition coefficient (Wildman–Crippen LogP) is 1.07. The highest BCUT2D eigenvalue weighted by atomic mass is 16.5. The van der Waals surface area contributed by atoms with Crippen LogP contribution in [0.2, 0.25) is 0 Å². The Bertz CT molecular complexity index is 805. The smallest absolute Gasteiger partial charge is 0.225 e. The second-order valence-electron chi connectivity index (χ2n) is 6.56. The van der Waals surface area contributed by atoms with Crippen molar-refractivity contribution in [3.8, 4) is 17.2 Å². The van der Waals surface area contributed by atoms with E-state index in [9.17, 15) is 4.79 Å². The van der Waals surface area contributed by atoms with Crippen LogP contribution in [0.15, 0.2) is 24.5 Å². The summed E-state index contributed by atoms with van der Waals surface area (Å²) in [6, 6.07) is 3.58. The summed E-state index contributed by atoms with van der Waals surface area (Å²) in [5.41, 5.74) is 1.90. The van der Waals surface area contributed by atoms with Gasteiger partial charge in [0.15, 0.2) is 11.5 Å². The molecular weight excluding hydrogens is 348 g/mol. The second kappa shape index (κ2) is 8.30. The van der Waals surface area contributed by atoms with Gasteiger partial charge in [-0.1, -0.05) is 0 Å². The molecule has 2 N–H and O–H groups in total. The quantitative estimate of drug-likeness (QED) is 0.754. The number of rotatable bonds is 7. The number of aryl methyl sites for hydroxylation is 1. The van der Waals surface area contributed by atoms with Crippen molar-refractivity contribution in [3.05, 3.63) is 35.7 Å². The zero-order chi connectivity index (χ0) is 19.4. The van der Waals surface area contributed by atoms with E-state index in [0.717, 1.165) is 17.7 Å². The van der Waals surface area contributed by atoms with Gasteiger partial charge in [0.25, 0.3) is 0 Å². The molecule has 0 unspecified atom stereocenters. The van der Waals surface area contributed by atoms with E-state index in [-0.39, 0.29) is 17.7 Å². The van der Waals surface area contributed by atoms with Crippen LogP contribution >= 0.6 is 0 Å². The predicted molar refractivity (Wildman–Crippen MR) is 100 cm³/mol. The summed E-state index contributed by atoms with van der Waals surface area (Å²) in [7, 11) is 6.62. The Morgan fingerprint density at radius 1 is 1.19 bits per heavy atom. The third-order valence-electron chi connectivity index (χ3n) is 4.94. The first-order valence-electron chi connectivity index (χ1n) is 8.83. The maximum Gasteiger partial charge on any atom is 0.225 e. The number of hydrogen-bond donors (Lipinski definition) is 2. The van der Waals surface area contributed by atoms with E-state index in [2.05, 4.69) is 15.7 Å². The van der Waals surface area contributed by atoms with Crippen LogP contribution in [0.5, 0.6) is 17.2 Å². The number of benzene rings is 1. The van der Waals surface area contributed by atoms with Crippen molar-refractivity contribution in [1.29, 1.82) is 0 Å². The Kier molecular flexibility index (Phi) is 5.85. The van der Waals surface area contributed by atoms with Crippen molar-refractivity contribution in [2.24, 2.45) is 13.0 Å².